The molecule has 2 atom stereocenters. The van der Waals surface area contributed by atoms with E-state index in [0.717, 1.165) is 75.1 Å². The molecule has 2 unspecified atom stereocenters. The summed E-state index contributed by atoms with van der Waals surface area (Å²) in [6.07, 6.45) is 57.7. The molecule has 552 valence electrons. The van der Waals surface area contributed by atoms with Gasteiger partial charge in [-0.25, -0.2) is 0 Å². The second kappa shape index (κ2) is 40.9. The molecule has 2 aliphatic heterocycles. The number of halogens is 2. The van der Waals surface area contributed by atoms with Crippen molar-refractivity contribution in [1.29, 1.82) is 0 Å². The molecule has 0 fully saturated rings. The first kappa shape index (κ1) is 79.2. The van der Waals surface area contributed by atoms with E-state index < -0.39 is 18.1 Å². The van der Waals surface area contributed by atoms with Crippen LogP contribution < -0.4 is 18.9 Å². The van der Waals surface area contributed by atoms with Gasteiger partial charge in [-0.05, 0) is 165 Å². The normalized spacial score (nSPS) is 18.1. The van der Waals surface area contributed by atoms with Gasteiger partial charge < -0.3 is 18.9 Å². The molecule has 4 heterocycles. The van der Waals surface area contributed by atoms with Crippen LogP contribution in [0.3, 0.4) is 0 Å². The molecule has 0 amide bonds. The number of rotatable bonds is 52. The van der Waals surface area contributed by atoms with Crippen molar-refractivity contribution in [1.82, 2.24) is 0 Å². The van der Waals surface area contributed by atoms with E-state index in [1.807, 2.05) is 46.2 Å². The highest BCUT2D eigenvalue weighted by Gasteiger charge is 2.64. The molecule has 11 rings (SSSR count). The number of hydrogen-bond acceptors (Lipinski definition) is 8. The zero-order valence-corrected chi connectivity index (χ0v) is 69.3. The number of unbranched alkanes of at least 4 members (excludes halogenated alkanes) is 36. The minimum absolute atomic E-state index is 0.573. The number of hydrogen-bond donors (Lipinski definition) is 0. The lowest BCUT2D eigenvalue weighted by Gasteiger charge is -2.42. The summed E-state index contributed by atoms with van der Waals surface area (Å²) < 4.78 is 25.2. The van der Waals surface area contributed by atoms with Gasteiger partial charge in [-0.1, -0.05) is 363 Å². The highest BCUT2D eigenvalue weighted by molar-refractivity contribution is 9.12. The molecule has 4 aromatic carbocycles. The van der Waals surface area contributed by atoms with Crippen molar-refractivity contribution < 1.29 is 18.9 Å². The zero-order chi connectivity index (χ0) is 70.7. The average Bonchev–Trinajstić information content (AvgIpc) is 1.49. The van der Waals surface area contributed by atoms with Gasteiger partial charge in [0.15, 0.2) is 0 Å². The summed E-state index contributed by atoms with van der Waals surface area (Å²) in [5, 5.41) is 4.66. The van der Waals surface area contributed by atoms with Crippen molar-refractivity contribution in [3.8, 4) is 23.0 Å². The fraction of sp³-hybridized carbons (Fsp3) is 0.565. The van der Waals surface area contributed by atoms with Gasteiger partial charge in [0.2, 0.25) is 0 Å². The molecule has 0 saturated carbocycles. The lowest BCUT2D eigenvalue weighted by Crippen LogP contribution is -2.37. The Labute approximate surface area is 651 Å². The maximum absolute atomic E-state index is 6.60. The number of thiophene rings is 2. The first-order valence-electron chi connectivity index (χ1n) is 41.1. The Kier molecular flexibility index (Phi) is 31.7. The molecule has 0 saturated heterocycles. The molecule has 102 heavy (non-hydrogen) atoms. The van der Waals surface area contributed by atoms with Gasteiger partial charge in [0, 0.05) is 19.6 Å². The van der Waals surface area contributed by atoms with Crippen LogP contribution in [0.25, 0.3) is 9.81 Å². The number of benzene rings is 4. The van der Waals surface area contributed by atoms with Gasteiger partial charge in [-0.2, -0.15) is 0 Å². The summed E-state index contributed by atoms with van der Waals surface area (Å²) in [5.41, 5.74) is 11.9. The van der Waals surface area contributed by atoms with Crippen LogP contribution in [-0.4, -0.2) is 33.7 Å². The molecule has 0 radical (unpaired) electrons. The van der Waals surface area contributed by atoms with E-state index in [-0.39, 0.29) is 0 Å². The summed E-state index contributed by atoms with van der Waals surface area (Å²) in [6.45, 7) is 12.2. The molecule has 0 N–H and O–H groups in total. The first-order chi connectivity index (χ1) is 50.2. The molecule has 6 aromatic rings. The predicted molar refractivity (Wildman–Crippen MR) is 452 cm³/mol. The molecule has 0 spiro atoms. The molecular formula is C92H122Br2O4S4. The largest absolute Gasteiger partial charge is 0.494 e. The number of alkyl halides is 2. The summed E-state index contributed by atoms with van der Waals surface area (Å²) in [4.78, 5) is 5.43. The minimum atomic E-state index is -0.614. The number of thioether (sulfide) groups is 2. The van der Waals surface area contributed by atoms with Crippen molar-refractivity contribution >= 4 is 87.9 Å². The van der Waals surface area contributed by atoms with Crippen molar-refractivity contribution in [3.63, 3.8) is 0 Å². The van der Waals surface area contributed by atoms with Crippen LogP contribution in [0.5, 0.6) is 23.0 Å². The van der Waals surface area contributed by atoms with Gasteiger partial charge in [-0.3, -0.25) is 0 Å². The minimum Gasteiger partial charge on any atom is -0.494 e. The van der Waals surface area contributed by atoms with Gasteiger partial charge in [0.05, 0.1) is 37.3 Å². The van der Waals surface area contributed by atoms with Crippen molar-refractivity contribution in [2.75, 3.05) is 26.4 Å². The Morgan fingerprint density at radius 2 is 0.490 bits per heavy atom. The summed E-state index contributed by atoms with van der Waals surface area (Å²) >= 11 is 17.2. The van der Waals surface area contributed by atoms with Gasteiger partial charge >= 0.3 is 0 Å². The average molecular weight is 1580 g/mol. The van der Waals surface area contributed by atoms with Crippen molar-refractivity contribution in [2.45, 2.75) is 303 Å². The SMILES string of the molecule is CCCCCCCCCCCCOc1ccc(C2(c3ccc(OCCCCCCCCCCCC)cc3)C3=C(SC4(Br)C=C5C6=C(SC5(Br)C=C34)c3sccc3C6(c3ccc(OCCCCCCCCCCCC)cc3)c3ccc(OCCCCCCCCCCCC)cc3)c3sccc32)cc1. The molecule has 5 aliphatic rings. The van der Waals surface area contributed by atoms with E-state index in [4.69, 9.17) is 50.8 Å². The van der Waals surface area contributed by atoms with Crippen molar-refractivity contribution in [3.05, 3.63) is 198 Å². The van der Waals surface area contributed by atoms with Gasteiger partial charge in [-0.15, -0.1) is 22.7 Å². The Morgan fingerprint density at radius 3 is 0.716 bits per heavy atom. The third kappa shape index (κ3) is 19.3. The van der Waals surface area contributed by atoms with Gasteiger partial charge in [0.1, 0.15) is 30.3 Å². The van der Waals surface area contributed by atoms with Crippen molar-refractivity contribution in [2.24, 2.45) is 0 Å². The Morgan fingerprint density at radius 1 is 0.275 bits per heavy atom. The predicted octanol–water partition coefficient (Wildman–Crippen LogP) is 30.4. The van der Waals surface area contributed by atoms with Crippen LogP contribution in [0.15, 0.2) is 154 Å². The number of allylic oxidation sites excluding steroid dienone is 2. The van der Waals surface area contributed by atoms with Crippen LogP contribution in [-0.2, 0) is 10.8 Å². The lowest BCUT2D eigenvalue weighted by molar-refractivity contribution is 0.304. The van der Waals surface area contributed by atoms with Crippen LogP contribution in [0.2, 0.25) is 0 Å². The summed E-state index contributed by atoms with van der Waals surface area (Å²) in [7, 11) is 0. The van der Waals surface area contributed by atoms with Crippen LogP contribution >= 0.6 is 78.1 Å². The third-order valence-electron chi connectivity index (χ3n) is 22.4. The molecule has 10 heteroatoms. The molecule has 0 bridgehead atoms. The maximum atomic E-state index is 6.60. The van der Waals surface area contributed by atoms with Gasteiger partial charge in [0.25, 0.3) is 0 Å². The fourth-order valence-electron chi connectivity index (χ4n) is 16.8. The smallest absolute Gasteiger partial charge is 0.119 e. The standard InChI is InChI=1S/C92H122Br2O4S4/c1-5-9-13-17-21-25-29-33-37-41-63-95-75-53-45-71(46-54-75)91(72-47-55-76(56-48-72)96-64-42-38-34-30-26-22-18-14-10-6-2)79-61-67-99-85(79)87-83(91)81-69-90(94)82(70-89(81,93)101-87)84-88(102-90)86-80(62-68-100-86)92(84,73-49-57-77(58-50-73)97-65-43-39-35-31-27-23-19-15-11-7-3)74-51-59-78(60-52-74)98-66-44-40-36-32-28-24-20-16-12-8-4/h45-62,67-70H,5-44,63-66H2,1-4H3. The first-order valence-corrected chi connectivity index (χ1v) is 46.0. The fourth-order valence-corrected chi connectivity index (χ4v) is 23.8. The van der Waals surface area contributed by atoms with E-state index in [0.29, 0.717) is 0 Å². The Hall–Kier alpha value is -3.90. The van der Waals surface area contributed by atoms with Crippen LogP contribution in [0.1, 0.15) is 328 Å². The van der Waals surface area contributed by atoms with E-state index >= 15 is 0 Å². The maximum Gasteiger partial charge on any atom is 0.119 e. The van der Waals surface area contributed by atoms with E-state index in [1.54, 1.807) is 0 Å². The quantitative estimate of drug-likeness (QED) is 0.0280. The van der Waals surface area contributed by atoms with Crippen LogP contribution in [0, 0.1) is 0 Å². The monoisotopic (exact) mass is 1580 g/mol. The summed E-state index contributed by atoms with van der Waals surface area (Å²) in [6, 6.07) is 41.9. The topological polar surface area (TPSA) is 36.9 Å². The van der Waals surface area contributed by atoms with E-state index in [1.165, 1.54) is 306 Å². The zero-order valence-electron chi connectivity index (χ0n) is 62.8. The second-order valence-corrected chi connectivity index (χ2v) is 38.0. The molecule has 2 aromatic heterocycles. The highest BCUT2D eigenvalue weighted by Crippen LogP contribution is 2.77. The molecule has 4 nitrogen and oxygen atoms in total. The molecule has 3 aliphatic carbocycles. The highest BCUT2D eigenvalue weighted by atomic mass is 79.9. The van der Waals surface area contributed by atoms with Crippen LogP contribution in [0.4, 0.5) is 0 Å². The number of fused-ring (bicyclic) bond motifs is 8. The van der Waals surface area contributed by atoms with E-state index in [2.05, 4.69) is 160 Å². The Balaban J connectivity index is 0.873. The summed E-state index contributed by atoms with van der Waals surface area (Å²) in [5.74, 6) is 3.76. The Bertz CT molecular complexity index is 3240. The van der Waals surface area contributed by atoms with E-state index in [9.17, 15) is 0 Å². The number of ether oxygens (including phenoxy) is 4. The third-order valence-corrected chi connectivity index (χ3v) is 29.3. The second-order valence-electron chi connectivity index (χ2n) is 30.1. The molecular weight excluding hydrogens is 1460 g/mol. The lowest BCUT2D eigenvalue weighted by atomic mass is 9.63.